The molecule has 140 valence electrons. The summed E-state index contributed by atoms with van der Waals surface area (Å²) in [4.78, 5) is 12.6. The van der Waals surface area contributed by atoms with E-state index >= 15 is 0 Å². The molecule has 1 aliphatic heterocycles. The number of hydrogen-bond donors (Lipinski definition) is 0. The van der Waals surface area contributed by atoms with E-state index in [4.69, 9.17) is 9.47 Å². The van der Waals surface area contributed by atoms with Crippen LogP contribution >= 0.6 is 0 Å². The number of para-hydroxylation sites is 1. The Morgan fingerprint density at radius 2 is 1.74 bits per heavy atom. The third-order valence-corrected chi connectivity index (χ3v) is 4.75. The number of ether oxygens (including phenoxy) is 2. The van der Waals surface area contributed by atoms with Crippen molar-refractivity contribution in [2.24, 2.45) is 5.41 Å². The van der Waals surface area contributed by atoms with Gasteiger partial charge >= 0.3 is 5.97 Å². The van der Waals surface area contributed by atoms with Crippen LogP contribution in [0.3, 0.4) is 0 Å². The highest BCUT2D eigenvalue weighted by molar-refractivity contribution is 5.80. The summed E-state index contributed by atoms with van der Waals surface area (Å²) in [5.74, 6) is 0.929. The zero-order chi connectivity index (χ0) is 19.6. The zero-order valence-corrected chi connectivity index (χ0v) is 16.4. The first kappa shape index (κ1) is 19.0. The monoisotopic (exact) mass is 362 g/mol. The second-order valence-electron chi connectivity index (χ2n) is 7.84. The summed E-state index contributed by atoms with van der Waals surface area (Å²) in [5.41, 5.74) is 2.32. The Kier molecular flexibility index (Phi) is 5.22. The van der Waals surface area contributed by atoms with Crippen LogP contribution in [0.5, 0.6) is 5.75 Å². The molecule has 3 rings (SSSR count). The van der Waals surface area contributed by atoms with Gasteiger partial charge in [0, 0.05) is 17.1 Å². The number of carbonyl (C=O) groups is 1. The van der Waals surface area contributed by atoms with E-state index in [1.807, 2.05) is 88.4 Å². The first-order chi connectivity index (χ1) is 12.8. The second kappa shape index (κ2) is 7.43. The van der Waals surface area contributed by atoms with Crippen molar-refractivity contribution in [1.82, 2.24) is 0 Å². The molecule has 1 heterocycles. The Morgan fingerprint density at radius 1 is 1.11 bits per heavy atom. The van der Waals surface area contributed by atoms with Gasteiger partial charge in [-0.3, -0.25) is 4.79 Å². The minimum atomic E-state index is -0.606. The van der Waals surface area contributed by atoms with Crippen molar-refractivity contribution in [3.05, 3.63) is 84.1 Å². The van der Waals surface area contributed by atoms with Crippen LogP contribution in [0.2, 0.25) is 0 Å². The molecule has 27 heavy (non-hydrogen) atoms. The Balaban J connectivity index is 2.09. The molecule has 1 aliphatic rings. The lowest BCUT2D eigenvalue weighted by atomic mass is 9.87. The van der Waals surface area contributed by atoms with E-state index in [9.17, 15) is 4.79 Å². The van der Waals surface area contributed by atoms with Crippen LogP contribution in [0.15, 0.2) is 73.0 Å². The van der Waals surface area contributed by atoms with Crippen LogP contribution in [0.1, 0.15) is 44.7 Å². The minimum Gasteiger partial charge on any atom is -0.481 e. The summed E-state index contributed by atoms with van der Waals surface area (Å²) in [5, 5.41) is 0. The van der Waals surface area contributed by atoms with Crippen molar-refractivity contribution in [2.45, 2.75) is 39.7 Å². The molecule has 0 saturated carbocycles. The first-order valence-corrected chi connectivity index (χ1v) is 9.19. The molecule has 0 amide bonds. The molecule has 0 saturated heterocycles. The van der Waals surface area contributed by atoms with Crippen molar-refractivity contribution < 1.29 is 14.3 Å². The van der Waals surface area contributed by atoms with E-state index in [-0.39, 0.29) is 11.9 Å². The summed E-state index contributed by atoms with van der Waals surface area (Å²) >= 11 is 0. The largest absolute Gasteiger partial charge is 0.481 e. The van der Waals surface area contributed by atoms with Gasteiger partial charge in [-0.25, -0.2) is 0 Å². The van der Waals surface area contributed by atoms with Crippen molar-refractivity contribution in [3.8, 4) is 5.75 Å². The number of esters is 1. The normalized spacial score (nSPS) is 17.6. The number of fused-ring (bicyclic) bond motifs is 1. The van der Waals surface area contributed by atoms with Crippen LogP contribution in [0, 0.1) is 5.41 Å². The fourth-order valence-corrected chi connectivity index (χ4v) is 3.15. The van der Waals surface area contributed by atoms with Crippen molar-refractivity contribution in [3.63, 3.8) is 0 Å². The van der Waals surface area contributed by atoms with Gasteiger partial charge in [0.05, 0.1) is 5.41 Å². The van der Waals surface area contributed by atoms with E-state index in [1.54, 1.807) is 0 Å². The Bertz CT molecular complexity index is 872. The maximum absolute atomic E-state index is 12.6. The van der Waals surface area contributed by atoms with Crippen molar-refractivity contribution in [2.75, 3.05) is 0 Å². The highest BCUT2D eigenvalue weighted by Gasteiger charge is 2.37. The van der Waals surface area contributed by atoms with Gasteiger partial charge in [0.15, 0.2) is 11.9 Å². The third kappa shape index (κ3) is 3.82. The first-order valence-electron chi connectivity index (χ1n) is 9.19. The van der Waals surface area contributed by atoms with Gasteiger partial charge in [0.25, 0.3) is 0 Å². The van der Waals surface area contributed by atoms with Gasteiger partial charge in [-0.2, -0.15) is 0 Å². The number of rotatable bonds is 4. The molecule has 0 bridgehead atoms. The standard InChI is InChI=1S/C24H26O3/c1-6-18(17-12-8-7-9-13-17)22-21(27-23(25)24(3,4)5)16(2)19-14-10-11-15-20(19)26-22/h6-15,18,22H,1H2,2-5H3/t18?,22-/m0/s1. The smallest absolute Gasteiger partial charge is 0.316 e. The summed E-state index contributed by atoms with van der Waals surface area (Å²) in [6.07, 6.45) is 1.40. The molecule has 2 atom stereocenters. The Labute approximate surface area is 161 Å². The molecule has 0 aliphatic carbocycles. The van der Waals surface area contributed by atoms with Gasteiger partial charge < -0.3 is 9.47 Å². The third-order valence-electron chi connectivity index (χ3n) is 4.75. The topological polar surface area (TPSA) is 35.5 Å². The van der Waals surface area contributed by atoms with Crippen LogP contribution in [0.4, 0.5) is 0 Å². The Morgan fingerprint density at radius 3 is 2.37 bits per heavy atom. The molecular formula is C24H26O3. The SMILES string of the molecule is C=CC(c1ccccc1)[C@@H]1Oc2ccccc2C(C)=C1OC(=O)C(C)(C)C. The van der Waals surface area contributed by atoms with E-state index in [2.05, 4.69) is 6.58 Å². The van der Waals surface area contributed by atoms with Crippen LogP contribution in [0.25, 0.3) is 5.57 Å². The predicted molar refractivity (Wildman–Crippen MR) is 108 cm³/mol. The van der Waals surface area contributed by atoms with Gasteiger partial charge in [-0.1, -0.05) is 54.6 Å². The summed E-state index contributed by atoms with van der Waals surface area (Å²) in [7, 11) is 0. The molecule has 3 nitrogen and oxygen atoms in total. The number of allylic oxidation sites excluding steroid dienone is 1. The molecule has 0 radical (unpaired) electrons. The van der Waals surface area contributed by atoms with E-state index < -0.39 is 11.5 Å². The molecule has 0 N–H and O–H groups in total. The van der Waals surface area contributed by atoms with Gasteiger partial charge in [0.1, 0.15) is 5.75 Å². The number of benzene rings is 2. The fourth-order valence-electron chi connectivity index (χ4n) is 3.15. The van der Waals surface area contributed by atoms with Crippen LogP contribution in [-0.4, -0.2) is 12.1 Å². The molecule has 2 aromatic carbocycles. The average Bonchev–Trinajstić information content (AvgIpc) is 2.65. The molecule has 0 fully saturated rings. The van der Waals surface area contributed by atoms with Gasteiger partial charge in [-0.05, 0) is 39.3 Å². The van der Waals surface area contributed by atoms with Crippen LogP contribution in [-0.2, 0) is 9.53 Å². The van der Waals surface area contributed by atoms with E-state index in [0.29, 0.717) is 5.76 Å². The zero-order valence-electron chi connectivity index (χ0n) is 16.4. The maximum atomic E-state index is 12.6. The van der Waals surface area contributed by atoms with Gasteiger partial charge in [0.2, 0.25) is 0 Å². The fraction of sp³-hybridized carbons (Fsp3) is 0.292. The molecule has 2 aromatic rings. The maximum Gasteiger partial charge on any atom is 0.316 e. The summed E-state index contributed by atoms with van der Waals surface area (Å²) in [6, 6.07) is 17.8. The van der Waals surface area contributed by atoms with Gasteiger partial charge in [-0.15, -0.1) is 6.58 Å². The molecule has 0 aromatic heterocycles. The van der Waals surface area contributed by atoms with Crippen molar-refractivity contribution in [1.29, 1.82) is 0 Å². The summed E-state index contributed by atoms with van der Waals surface area (Å²) < 4.78 is 12.2. The quantitative estimate of drug-likeness (QED) is 0.514. The lowest BCUT2D eigenvalue weighted by Crippen LogP contribution is -2.34. The molecule has 3 heteroatoms. The van der Waals surface area contributed by atoms with Crippen molar-refractivity contribution >= 4 is 11.5 Å². The van der Waals surface area contributed by atoms with E-state index in [1.165, 1.54) is 0 Å². The molecule has 1 unspecified atom stereocenters. The highest BCUT2D eigenvalue weighted by atomic mass is 16.6. The highest BCUT2D eigenvalue weighted by Crippen LogP contribution is 2.41. The lowest BCUT2D eigenvalue weighted by molar-refractivity contribution is -0.150. The minimum absolute atomic E-state index is 0.141. The Hall–Kier alpha value is -2.81. The summed E-state index contributed by atoms with van der Waals surface area (Å²) in [6.45, 7) is 11.5. The number of hydrogen-bond acceptors (Lipinski definition) is 3. The molecular weight excluding hydrogens is 336 g/mol. The lowest BCUT2D eigenvalue weighted by Gasteiger charge is -2.34. The molecule has 0 spiro atoms. The second-order valence-corrected chi connectivity index (χ2v) is 7.84. The average molecular weight is 362 g/mol. The van der Waals surface area contributed by atoms with Crippen LogP contribution < -0.4 is 4.74 Å². The van der Waals surface area contributed by atoms with E-state index in [0.717, 1.165) is 22.4 Å². The number of carbonyl (C=O) groups excluding carboxylic acids is 1. The predicted octanol–water partition coefficient (Wildman–Crippen LogP) is 5.74.